The van der Waals surface area contributed by atoms with Crippen molar-refractivity contribution < 1.29 is 24.5 Å². The molecule has 6 heteroatoms. The molecule has 2 unspecified atom stereocenters. The van der Waals surface area contributed by atoms with Crippen molar-refractivity contribution in [1.29, 1.82) is 0 Å². The fourth-order valence-electron chi connectivity index (χ4n) is 1.75. The molecule has 0 heterocycles. The van der Waals surface area contributed by atoms with E-state index in [2.05, 4.69) is 0 Å². The van der Waals surface area contributed by atoms with E-state index < -0.39 is 29.8 Å². The lowest BCUT2D eigenvalue weighted by Crippen LogP contribution is -2.52. The van der Waals surface area contributed by atoms with E-state index in [4.69, 9.17) is 4.74 Å². The van der Waals surface area contributed by atoms with Crippen LogP contribution in [-0.2, 0) is 14.3 Å². The number of carbonyl (C=O) groups excluding carboxylic acids is 2. The standard InChI is InChI=1S/C13H25NO5/c1-7-14(9(3)15)8(2)10(16)11(17)12(18)19-13(4,5)6/h8,10-11,16-17H,7H2,1-6H3/t8-,10?,11?/m0/s1. The highest BCUT2D eigenvalue weighted by Crippen LogP contribution is 2.14. The molecule has 0 radical (unpaired) electrons. The van der Waals surface area contributed by atoms with Gasteiger partial charge in [-0.25, -0.2) is 4.79 Å². The van der Waals surface area contributed by atoms with Gasteiger partial charge < -0.3 is 19.8 Å². The van der Waals surface area contributed by atoms with Crippen molar-refractivity contribution in [3.8, 4) is 0 Å². The number of hydrogen-bond donors (Lipinski definition) is 2. The molecule has 112 valence electrons. The van der Waals surface area contributed by atoms with Crippen molar-refractivity contribution in [1.82, 2.24) is 4.90 Å². The Labute approximate surface area is 114 Å². The molecule has 0 bridgehead atoms. The van der Waals surface area contributed by atoms with Gasteiger partial charge in [0.15, 0.2) is 6.10 Å². The molecule has 0 aromatic rings. The Morgan fingerprint density at radius 2 is 1.74 bits per heavy atom. The van der Waals surface area contributed by atoms with Gasteiger partial charge in [-0.3, -0.25) is 4.79 Å². The SMILES string of the molecule is CCN(C(C)=O)[C@@H](C)C(O)C(O)C(=O)OC(C)(C)C. The largest absolute Gasteiger partial charge is 0.458 e. The molecule has 3 atom stereocenters. The number of hydrogen-bond acceptors (Lipinski definition) is 5. The summed E-state index contributed by atoms with van der Waals surface area (Å²) < 4.78 is 4.99. The van der Waals surface area contributed by atoms with Crippen molar-refractivity contribution in [2.75, 3.05) is 6.54 Å². The summed E-state index contributed by atoms with van der Waals surface area (Å²) in [5.41, 5.74) is -0.744. The molecule has 19 heavy (non-hydrogen) atoms. The van der Waals surface area contributed by atoms with Gasteiger partial charge in [-0.2, -0.15) is 0 Å². The van der Waals surface area contributed by atoms with Crippen LogP contribution in [-0.4, -0.2) is 57.4 Å². The summed E-state index contributed by atoms with van der Waals surface area (Å²) >= 11 is 0. The molecule has 0 aromatic heterocycles. The van der Waals surface area contributed by atoms with Crippen LogP contribution < -0.4 is 0 Å². The van der Waals surface area contributed by atoms with Gasteiger partial charge in [0.2, 0.25) is 5.91 Å². The Morgan fingerprint density at radius 1 is 1.26 bits per heavy atom. The Kier molecular flexibility index (Phi) is 6.45. The number of aliphatic hydroxyl groups is 2. The number of ether oxygens (including phenoxy) is 1. The number of likely N-dealkylation sites (N-methyl/N-ethyl adjacent to an activating group) is 1. The van der Waals surface area contributed by atoms with Crippen molar-refractivity contribution in [2.45, 2.75) is 65.4 Å². The molecule has 0 aliphatic heterocycles. The quantitative estimate of drug-likeness (QED) is 0.705. The summed E-state index contributed by atoms with van der Waals surface area (Å²) in [5.74, 6) is -1.13. The second-order valence-corrected chi connectivity index (χ2v) is 5.51. The molecular formula is C13H25NO5. The van der Waals surface area contributed by atoms with Crippen LogP contribution in [0.5, 0.6) is 0 Å². The lowest BCUT2D eigenvalue weighted by molar-refractivity contribution is -0.174. The first-order valence-corrected chi connectivity index (χ1v) is 6.37. The van der Waals surface area contributed by atoms with E-state index in [1.54, 1.807) is 34.6 Å². The molecule has 0 spiro atoms. The van der Waals surface area contributed by atoms with E-state index >= 15 is 0 Å². The molecule has 0 aliphatic carbocycles. The summed E-state index contributed by atoms with van der Waals surface area (Å²) in [6.45, 7) is 10.1. The monoisotopic (exact) mass is 275 g/mol. The molecule has 0 rings (SSSR count). The third-order valence-corrected chi connectivity index (χ3v) is 2.70. The Hall–Kier alpha value is -1.14. The first-order chi connectivity index (χ1) is 8.51. The maximum Gasteiger partial charge on any atom is 0.338 e. The lowest BCUT2D eigenvalue weighted by atomic mass is 10.0. The first-order valence-electron chi connectivity index (χ1n) is 6.37. The predicted octanol–water partition coefficient (Wildman–Crippen LogP) is 0.307. The van der Waals surface area contributed by atoms with Gasteiger partial charge in [0.05, 0.1) is 6.04 Å². The minimum Gasteiger partial charge on any atom is -0.458 e. The lowest BCUT2D eigenvalue weighted by Gasteiger charge is -2.33. The molecule has 6 nitrogen and oxygen atoms in total. The minimum absolute atomic E-state index is 0.231. The highest BCUT2D eigenvalue weighted by Gasteiger charge is 2.35. The van der Waals surface area contributed by atoms with E-state index in [9.17, 15) is 19.8 Å². The summed E-state index contributed by atoms with van der Waals surface area (Å²) in [4.78, 5) is 24.4. The molecular weight excluding hydrogens is 250 g/mol. The van der Waals surface area contributed by atoms with Gasteiger partial charge in [-0.05, 0) is 34.6 Å². The number of esters is 1. The topological polar surface area (TPSA) is 87.1 Å². The maximum atomic E-state index is 11.6. The van der Waals surface area contributed by atoms with Crippen molar-refractivity contribution in [3.05, 3.63) is 0 Å². The van der Waals surface area contributed by atoms with E-state index in [-0.39, 0.29) is 5.91 Å². The zero-order valence-corrected chi connectivity index (χ0v) is 12.5. The number of amides is 1. The molecule has 0 saturated heterocycles. The summed E-state index contributed by atoms with van der Waals surface area (Å²) in [6.07, 6.45) is -3.07. The van der Waals surface area contributed by atoms with Gasteiger partial charge >= 0.3 is 5.97 Å². The highest BCUT2D eigenvalue weighted by molar-refractivity contribution is 5.76. The van der Waals surface area contributed by atoms with Crippen LogP contribution in [0.25, 0.3) is 0 Å². The minimum atomic E-state index is -1.68. The number of aliphatic hydroxyl groups excluding tert-OH is 2. The van der Waals surface area contributed by atoms with Gasteiger partial charge in [-0.15, -0.1) is 0 Å². The smallest absolute Gasteiger partial charge is 0.338 e. The molecule has 2 N–H and O–H groups in total. The summed E-state index contributed by atoms with van der Waals surface area (Å²) in [5, 5.41) is 19.7. The van der Waals surface area contributed by atoms with E-state index in [0.29, 0.717) is 6.54 Å². The number of carbonyl (C=O) groups is 2. The second-order valence-electron chi connectivity index (χ2n) is 5.51. The third-order valence-electron chi connectivity index (χ3n) is 2.70. The molecule has 1 amide bonds. The van der Waals surface area contributed by atoms with Gasteiger partial charge in [0.25, 0.3) is 0 Å². The second kappa shape index (κ2) is 6.86. The average Bonchev–Trinajstić information content (AvgIpc) is 2.24. The fraction of sp³-hybridized carbons (Fsp3) is 0.846. The first kappa shape index (κ1) is 17.9. The molecule has 0 fully saturated rings. The summed E-state index contributed by atoms with van der Waals surface area (Å²) in [7, 11) is 0. The van der Waals surface area contributed by atoms with Crippen LogP contribution >= 0.6 is 0 Å². The zero-order valence-electron chi connectivity index (χ0n) is 12.5. The fourth-order valence-corrected chi connectivity index (χ4v) is 1.75. The highest BCUT2D eigenvalue weighted by atomic mass is 16.6. The molecule has 0 aliphatic rings. The predicted molar refractivity (Wildman–Crippen MR) is 70.4 cm³/mol. The van der Waals surface area contributed by atoms with Crippen LogP contribution in [0.2, 0.25) is 0 Å². The van der Waals surface area contributed by atoms with E-state index in [0.717, 1.165) is 0 Å². The Balaban J connectivity index is 4.76. The maximum absolute atomic E-state index is 11.6. The van der Waals surface area contributed by atoms with Crippen molar-refractivity contribution in [2.24, 2.45) is 0 Å². The zero-order chi connectivity index (χ0) is 15.4. The van der Waals surface area contributed by atoms with E-state index in [1.165, 1.54) is 11.8 Å². The Morgan fingerprint density at radius 3 is 2.05 bits per heavy atom. The molecule has 0 saturated carbocycles. The normalized spacial score (nSPS) is 16.4. The third kappa shape index (κ3) is 5.57. The van der Waals surface area contributed by atoms with Crippen LogP contribution in [0.1, 0.15) is 41.5 Å². The van der Waals surface area contributed by atoms with Crippen molar-refractivity contribution >= 4 is 11.9 Å². The van der Waals surface area contributed by atoms with Gasteiger partial charge in [-0.1, -0.05) is 0 Å². The van der Waals surface area contributed by atoms with Gasteiger partial charge in [0.1, 0.15) is 11.7 Å². The molecule has 0 aromatic carbocycles. The number of rotatable bonds is 5. The Bertz CT molecular complexity index is 323. The van der Waals surface area contributed by atoms with Gasteiger partial charge in [0, 0.05) is 13.5 Å². The van der Waals surface area contributed by atoms with Crippen LogP contribution in [0.4, 0.5) is 0 Å². The summed E-state index contributed by atoms with van der Waals surface area (Å²) in [6, 6.07) is -0.676. The van der Waals surface area contributed by atoms with Crippen LogP contribution in [0, 0.1) is 0 Å². The average molecular weight is 275 g/mol. The van der Waals surface area contributed by atoms with Crippen molar-refractivity contribution in [3.63, 3.8) is 0 Å². The van der Waals surface area contributed by atoms with Crippen LogP contribution in [0.3, 0.4) is 0 Å². The van der Waals surface area contributed by atoms with E-state index in [1.807, 2.05) is 0 Å². The van der Waals surface area contributed by atoms with Crippen LogP contribution in [0.15, 0.2) is 0 Å². The number of nitrogens with zero attached hydrogens (tertiary/aromatic N) is 1.